The molecule has 2 N–H and O–H groups in total. The number of nitrogens with one attached hydrogen (secondary N) is 2. The third-order valence-corrected chi connectivity index (χ3v) is 5.22. The third kappa shape index (κ3) is 5.56. The van der Waals surface area contributed by atoms with Crippen molar-refractivity contribution in [3.63, 3.8) is 0 Å². The molecule has 1 aliphatic heterocycles. The smallest absolute Gasteiger partial charge is 0.190 e. The van der Waals surface area contributed by atoms with Crippen molar-refractivity contribution in [3.8, 4) is 0 Å². The molecule has 0 fully saturated rings. The van der Waals surface area contributed by atoms with Gasteiger partial charge in [0.15, 0.2) is 5.96 Å². The average molecular weight is 387 g/mol. The molecule has 28 heavy (non-hydrogen) atoms. The summed E-state index contributed by atoms with van der Waals surface area (Å²) in [5, 5.41) is 20.1. The number of guanidine groups is 1. The normalized spacial score (nSPS) is 14.6. The molecule has 2 aromatic heterocycles. The van der Waals surface area contributed by atoms with Gasteiger partial charge in [0, 0.05) is 51.8 Å². The summed E-state index contributed by atoms with van der Waals surface area (Å²) >= 11 is 0. The Bertz CT molecular complexity index is 773. The molecule has 1 aliphatic rings. The fourth-order valence-corrected chi connectivity index (χ4v) is 3.74. The van der Waals surface area contributed by atoms with Crippen LogP contribution in [-0.2, 0) is 25.9 Å². The lowest BCUT2D eigenvalue weighted by Crippen LogP contribution is -2.38. The van der Waals surface area contributed by atoms with Crippen LogP contribution in [0.15, 0.2) is 11.1 Å². The summed E-state index contributed by atoms with van der Waals surface area (Å²) in [7, 11) is 1.81. The van der Waals surface area contributed by atoms with Crippen molar-refractivity contribution < 1.29 is 0 Å². The molecule has 154 valence electrons. The average Bonchev–Trinajstić information content (AvgIpc) is 3.12. The van der Waals surface area contributed by atoms with Gasteiger partial charge in [0.05, 0.1) is 5.69 Å². The van der Waals surface area contributed by atoms with Crippen molar-refractivity contribution in [2.75, 3.05) is 20.1 Å². The van der Waals surface area contributed by atoms with Crippen molar-refractivity contribution in [1.82, 2.24) is 35.2 Å². The first kappa shape index (κ1) is 20.4. The highest BCUT2D eigenvalue weighted by Crippen LogP contribution is 2.15. The summed E-state index contributed by atoms with van der Waals surface area (Å²) in [5.74, 6) is 3.15. The molecule has 3 heterocycles. The minimum atomic E-state index is 0.855. The number of aryl methyl sites for hydroxylation is 5. The third-order valence-electron chi connectivity index (χ3n) is 5.22. The monoisotopic (exact) mass is 386 g/mol. The lowest BCUT2D eigenvalue weighted by Gasteiger charge is -2.12. The van der Waals surface area contributed by atoms with Crippen LogP contribution in [0.5, 0.6) is 0 Å². The molecule has 8 nitrogen and oxygen atoms in total. The molecule has 0 unspecified atom stereocenters. The van der Waals surface area contributed by atoms with Crippen LogP contribution in [0.3, 0.4) is 0 Å². The van der Waals surface area contributed by atoms with Crippen molar-refractivity contribution >= 4 is 5.96 Å². The van der Waals surface area contributed by atoms with E-state index in [0.717, 1.165) is 69.3 Å². The van der Waals surface area contributed by atoms with E-state index < -0.39 is 0 Å². The predicted octanol–water partition coefficient (Wildman–Crippen LogP) is 2.01. The van der Waals surface area contributed by atoms with Crippen LogP contribution in [0.1, 0.15) is 55.1 Å². The molecular formula is C20H34N8. The zero-order valence-corrected chi connectivity index (χ0v) is 17.5. The first-order valence-corrected chi connectivity index (χ1v) is 10.5. The van der Waals surface area contributed by atoms with Gasteiger partial charge < -0.3 is 15.2 Å². The molecule has 0 saturated carbocycles. The molecule has 0 aromatic carbocycles. The van der Waals surface area contributed by atoms with Crippen LogP contribution in [0.25, 0.3) is 0 Å². The zero-order valence-electron chi connectivity index (χ0n) is 17.5. The number of hydrogen-bond donors (Lipinski definition) is 2. The Kier molecular flexibility index (Phi) is 7.45. The Morgan fingerprint density at radius 1 is 1.11 bits per heavy atom. The molecular weight excluding hydrogens is 352 g/mol. The minimum absolute atomic E-state index is 0.855. The summed E-state index contributed by atoms with van der Waals surface area (Å²) in [6, 6.07) is 2.11. The summed E-state index contributed by atoms with van der Waals surface area (Å²) in [6.07, 6.45) is 7.82. The van der Waals surface area contributed by atoms with Gasteiger partial charge in [0.25, 0.3) is 0 Å². The van der Waals surface area contributed by atoms with E-state index in [0.29, 0.717) is 0 Å². The van der Waals surface area contributed by atoms with E-state index in [1.807, 2.05) is 14.0 Å². The van der Waals surface area contributed by atoms with Gasteiger partial charge in [-0.25, -0.2) is 0 Å². The molecule has 0 radical (unpaired) electrons. The standard InChI is InChI=1S/C20H34N8/c1-16-15-17(2)28(26-16)14-8-12-23-20(21-3)22-11-7-10-19-25-24-18-9-5-4-6-13-27(18)19/h15H,4-14H2,1-3H3,(H2,21,22,23). The van der Waals surface area contributed by atoms with Crippen LogP contribution in [0, 0.1) is 13.8 Å². The van der Waals surface area contributed by atoms with Crippen molar-refractivity contribution in [1.29, 1.82) is 0 Å². The number of hydrogen-bond acceptors (Lipinski definition) is 4. The Balaban J connectivity index is 1.33. The van der Waals surface area contributed by atoms with Gasteiger partial charge in [-0.2, -0.15) is 5.10 Å². The van der Waals surface area contributed by atoms with Gasteiger partial charge in [-0.1, -0.05) is 6.42 Å². The Morgan fingerprint density at radius 3 is 2.68 bits per heavy atom. The highest BCUT2D eigenvalue weighted by Gasteiger charge is 2.14. The predicted molar refractivity (Wildman–Crippen MR) is 112 cm³/mol. The first-order chi connectivity index (χ1) is 13.7. The van der Waals surface area contributed by atoms with E-state index in [2.05, 4.69) is 53.2 Å². The maximum atomic E-state index is 4.50. The molecule has 0 saturated heterocycles. The van der Waals surface area contributed by atoms with Gasteiger partial charge in [-0.05, 0) is 45.6 Å². The maximum absolute atomic E-state index is 4.50. The molecule has 0 aliphatic carbocycles. The molecule has 0 atom stereocenters. The summed E-state index contributed by atoms with van der Waals surface area (Å²) in [5.41, 5.74) is 2.29. The highest BCUT2D eigenvalue weighted by atomic mass is 15.3. The minimum Gasteiger partial charge on any atom is -0.356 e. The molecule has 0 bridgehead atoms. The quantitative estimate of drug-likeness (QED) is 0.412. The largest absolute Gasteiger partial charge is 0.356 e. The lowest BCUT2D eigenvalue weighted by molar-refractivity contribution is 0.554. The highest BCUT2D eigenvalue weighted by molar-refractivity contribution is 5.79. The maximum Gasteiger partial charge on any atom is 0.190 e. The molecule has 0 spiro atoms. The topological polar surface area (TPSA) is 85.0 Å². The van der Waals surface area contributed by atoms with Gasteiger partial charge in [-0.3, -0.25) is 9.67 Å². The van der Waals surface area contributed by atoms with Crippen LogP contribution in [0.2, 0.25) is 0 Å². The molecule has 0 amide bonds. The van der Waals surface area contributed by atoms with Gasteiger partial charge >= 0.3 is 0 Å². The Morgan fingerprint density at radius 2 is 1.93 bits per heavy atom. The number of aliphatic imine (C=N–C) groups is 1. The van der Waals surface area contributed by atoms with Crippen molar-refractivity contribution in [2.24, 2.45) is 4.99 Å². The number of rotatable bonds is 8. The second kappa shape index (κ2) is 10.2. The Hall–Kier alpha value is -2.38. The summed E-state index contributed by atoms with van der Waals surface area (Å²) in [6.45, 7) is 7.87. The van der Waals surface area contributed by atoms with E-state index in [-0.39, 0.29) is 0 Å². The van der Waals surface area contributed by atoms with Crippen LogP contribution in [0.4, 0.5) is 0 Å². The number of aromatic nitrogens is 5. The van der Waals surface area contributed by atoms with Gasteiger partial charge in [0.2, 0.25) is 0 Å². The van der Waals surface area contributed by atoms with Crippen molar-refractivity contribution in [3.05, 3.63) is 29.1 Å². The Labute approximate surface area is 167 Å². The molecule has 8 heteroatoms. The van der Waals surface area contributed by atoms with E-state index in [9.17, 15) is 0 Å². The summed E-state index contributed by atoms with van der Waals surface area (Å²) in [4.78, 5) is 4.31. The van der Waals surface area contributed by atoms with Crippen molar-refractivity contribution in [2.45, 2.75) is 71.9 Å². The van der Waals surface area contributed by atoms with Crippen LogP contribution >= 0.6 is 0 Å². The van der Waals surface area contributed by atoms with E-state index in [1.54, 1.807) is 0 Å². The van der Waals surface area contributed by atoms with Gasteiger partial charge in [-0.15, -0.1) is 10.2 Å². The SMILES string of the molecule is CN=C(NCCCc1nnc2n1CCCCC2)NCCCn1nc(C)cc1C. The second-order valence-corrected chi connectivity index (χ2v) is 7.53. The molecule has 3 rings (SSSR count). The van der Waals surface area contributed by atoms with Crippen LogP contribution in [-0.4, -0.2) is 50.6 Å². The lowest BCUT2D eigenvalue weighted by atomic mass is 10.2. The second-order valence-electron chi connectivity index (χ2n) is 7.53. The van der Waals surface area contributed by atoms with E-state index in [4.69, 9.17) is 0 Å². The van der Waals surface area contributed by atoms with Gasteiger partial charge in [0.1, 0.15) is 11.6 Å². The zero-order chi connectivity index (χ0) is 19.8. The number of nitrogens with zero attached hydrogens (tertiary/aromatic N) is 6. The molecule has 2 aromatic rings. The first-order valence-electron chi connectivity index (χ1n) is 10.5. The summed E-state index contributed by atoms with van der Waals surface area (Å²) < 4.78 is 4.40. The van der Waals surface area contributed by atoms with E-state index in [1.165, 1.54) is 30.8 Å². The van der Waals surface area contributed by atoms with Crippen LogP contribution < -0.4 is 10.6 Å². The van der Waals surface area contributed by atoms with E-state index >= 15 is 0 Å². The number of fused-ring (bicyclic) bond motifs is 1. The fraction of sp³-hybridized carbons (Fsp3) is 0.700. The fourth-order valence-electron chi connectivity index (χ4n) is 3.74.